The number of aromatic nitrogens is 1. The molecular formula is C13H11F3N2O2S. The highest BCUT2D eigenvalue weighted by Gasteiger charge is 2.30. The summed E-state index contributed by atoms with van der Waals surface area (Å²) in [5.74, 6) is -1.10. The zero-order valence-electron chi connectivity index (χ0n) is 10.9. The number of hydrogen-bond donors (Lipinski definition) is 2. The lowest BCUT2D eigenvalue weighted by Gasteiger charge is -2.08. The van der Waals surface area contributed by atoms with E-state index in [-0.39, 0.29) is 15.7 Å². The molecule has 0 radical (unpaired) electrons. The summed E-state index contributed by atoms with van der Waals surface area (Å²) in [5.41, 5.74) is -0.168. The molecule has 4 nitrogen and oxygen atoms in total. The number of thiazole rings is 1. The van der Waals surface area contributed by atoms with Crippen molar-refractivity contribution in [1.29, 1.82) is 0 Å². The van der Waals surface area contributed by atoms with Crippen LogP contribution in [0.1, 0.15) is 27.9 Å². The first-order valence-corrected chi connectivity index (χ1v) is 6.80. The zero-order valence-corrected chi connectivity index (χ0v) is 11.7. The molecule has 0 aliphatic rings. The summed E-state index contributed by atoms with van der Waals surface area (Å²) in [4.78, 5) is 15.2. The number of carbonyl (C=O) groups is 1. The van der Waals surface area contributed by atoms with E-state index in [0.717, 1.165) is 23.5 Å². The van der Waals surface area contributed by atoms with E-state index in [9.17, 15) is 18.0 Å². The molecule has 0 saturated carbocycles. The van der Waals surface area contributed by atoms with Crippen molar-refractivity contribution < 1.29 is 23.1 Å². The Labute approximate surface area is 122 Å². The second kappa shape index (κ2) is 5.72. The minimum absolute atomic E-state index is 0.0898. The second-order valence-corrected chi connectivity index (χ2v) is 5.16. The molecule has 0 fully saturated rings. The van der Waals surface area contributed by atoms with Crippen LogP contribution in [0.5, 0.6) is 0 Å². The molecule has 112 valence electrons. The first kappa shape index (κ1) is 15.3. The fraction of sp³-hybridized carbons (Fsp3) is 0.231. The normalized spacial score (nSPS) is 11.4. The minimum Gasteiger partial charge on any atom is -0.477 e. The lowest BCUT2D eigenvalue weighted by Crippen LogP contribution is -2.05. The first-order chi connectivity index (χ1) is 9.81. The Bertz CT molecular complexity index is 668. The third-order valence-corrected chi connectivity index (χ3v) is 3.67. The van der Waals surface area contributed by atoms with Gasteiger partial charge >= 0.3 is 12.1 Å². The highest BCUT2D eigenvalue weighted by Crippen LogP contribution is 2.32. The van der Waals surface area contributed by atoms with Crippen molar-refractivity contribution in [3.8, 4) is 0 Å². The van der Waals surface area contributed by atoms with Crippen molar-refractivity contribution in [3.63, 3.8) is 0 Å². The number of nitrogens with one attached hydrogen (secondary N) is 1. The summed E-state index contributed by atoms with van der Waals surface area (Å²) in [5, 5.41) is 12.0. The molecule has 8 heteroatoms. The van der Waals surface area contributed by atoms with Gasteiger partial charge in [-0.15, -0.1) is 0 Å². The van der Waals surface area contributed by atoms with Crippen LogP contribution < -0.4 is 5.32 Å². The zero-order chi connectivity index (χ0) is 15.6. The van der Waals surface area contributed by atoms with Gasteiger partial charge in [0.2, 0.25) is 0 Å². The van der Waals surface area contributed by atoms with Crippen LogP contribution in [-0.2, 0) is 12.6 Å². The van der Waals surface area contributed by atoms with Crippen LogP contribution in [0.3, 0.4) is 0 Å². The van der Waals surface area contributed by atoms with E-state index in [1.807, 2.05) is 0 Å². The van der Waals surface area contributed by atoms with Crippen molar-refractivity contribution >= 4 is 28.1 Å². The maximum atomic E-state index is 12.6. The number of alkyl halides is 3. The lowest BCUT2D eigenvalue weighted by molar-refractivity contribution is -0.137. The van der Waals surface area contributed by atoms with E-state index in [0.29, 0.717) is 12.1 Å². The molecule has 2 aromatic rings. The SMILES string of the molecule is CCc1nc(Nc2cccc(C(F)(F)F)c2)sc1C(=O)O. The Kier molecular flexibility index (Phi) is 4.17. The van der Waals surface area contributed by atoms with Gasteiger partial charge < -0.3 is 10.4 Å². The van der Waals surface area contributed by atoms with E-state index in [1.165, 1.54) is 12.1 Å². The van der Waals surface area contributed by atoms with Gasteiger partial charge in [-0.05, 0) is 24.6 Å². The third kappa shape index (κ3) is 3.52. The number of hydrogen-bond acceptors (Lipinski definition) is 4. The van der Waals surface area contributed by atoms with Gasteiger partial charge in [-0.25, -0.2) is 9.78 Å². The molecule has 0 amide bonds. The third-order valence-electron chi connectivity index (χ3n) is 2.67. The first-order valence-electron chi connectivity index (χ1n) is 5.98. The van der Waals surface area contributed by atoms with Gasteiger partial charge in [-0.3, -0.25) is 0 Å². The largest absolute Gasteiger partial charge is 0.477 e. The van der Waals surface area contributed by atoms with Crippen molar-refractivity contribution in [2.24, 2.45) is 0 Å². The number of carboxylic acids is 1. The molecular weight excluding hydrogens is 305 g/mol. The molecule has 0 unspecified atom stereocenters. The number of rotatable bonds is 4. The average molecular weight is 316 g/mol. The topological polar surface area (TPSA) is 62.2 Å². The minimum atomic E-state index is -4.43. The van der Waals surface area contributed by atoms with Crippen molar-refractivity contribution in [3.05, 3.63) is 40.4 Å². The maximum Gasteiger partial charge on any atom is 0.416 e. The summed E-state index contributed by atoms with van der Waals surface area (Å²) in [6.45, 7) is 1.76. The van der Waals surface area contributed by atoms with E-state index >= 15 is 0 Å². The molecule has 1 aromatic carbocycles. The van der Waals surface area contributed by atoms with E-state index < -0.39 is 17.7 Å². The fourth-order valence-corrected chi connectivity index (χ4v) is 2.62. The average Bonchev–Trinajstić information content (AvgIpc) is 2.81. The molecule has 0 aliphatic carbocycles. The molecule has 1 heterocycles. The van der Waals surface area contributed by atoms with Crippen LogP contribution in [0.15, 0.2) is 24.3 Å². The van der Waals surface area contributed by atoms with Gasteiger partial charge in [-0.1, -0.05) is 24.3 Å². The lowest BCUT2D eigenvalue weighted by atomic mass is 10.2. The quantitative estimate of drug-likeness (QED) is 0.889. The van der Waals surface area contributed by atoms with Crippen LogP contribution in [0.4, 0.5) is 24.0 Å². The number of benzene rings is 1. The molecule has 0 spiro atoms. The van der Waals surface area contributed by atoms with Crippen LogP contribution in [0.2, 0.25) is 0 Å². The van der Waals surface area contributed by atoms with Crippen LogP contribution in [0, 0.1) is 0 Å². The molecule has 0 aliphatic heterocycles. The Morgan fingerprint density at radius 2 is 2.14 bits per heavy atom. The summed E-state index contributed by atoms with van der Waals surface area (Å²) >= 11 is 0.897. The van der Waals surface area contributed by atoms with Gasteiger partial charge in [0.25, 0.3) is 0 Å². The van der Waals surface area contributed by atoms with Gasteiger partial charge in [0.05, 0.1) is 11.3 Å². The van der Waals surface area contributed by atoms with E-state index in [2.05, 4.69) is 10.3 Å². The van der Waals surface area contributed by atoms with Gasteiger partial charge in [0.1, 0.15) is 4.88 Å². The standard InChI is InChI=1S/C13H11F3N2O2S/c1-2-9-10(11(19)20)21-12(18-9)17-8-5-3-4-7(6-8)13(14,15)16/h3-6H,2H2,1H3,(H,17,18)(H,19,20). The summed E-state index contributed by atoms with van der Waals surface area (Å²) in [6, 6.07) is 4.65. The molecule has 0 atom stereocenters. The van der Waals surface area contributed by atoms with Crippen LogP contribution in [0.25, 0.3) is 0 Å². The predicted molar refractivity (Wildman–Crippen MR) is 73.2 cm³/mol. The Morgan fingerprint density at radius 1 is 1.43 bits per heavy atom. The molecule has 1 aromatic heterocycles. The second-order valence-electron chi connectivity index (χ2n) is 4.16. The Hall–Kier alpha value is -2.09. The van der Waals surface area contributed by atoms with Crippen molar-refractivity contribution in [1.82, 2.24) is 4.98 Å². The highest BCUT2D eigenvalue weighted by molar-refractivity contribution is 7.17. The number of halogens is 3. The number of aryl methyl sites for hydroxylation is 1. The van der Waals surface area contributed by atoms with Gasteiger partial charge in [-0.2, -0.15) is 13.2 Å². The summed E-state index contributed by atoms with van der Waals surface area (Å²) in [6.07, 6.45) is -4.00. The number of carboxylic acid groups (broad SMARTS) is 1. The van der Waals surface area contributed by atoms with Crippen molar-refractivity contribution in [2.75, 3.05) is 5.32 Å². The van der Waals surface area contributed by atoms with E-state index in [1.54, 1.807) is 6.92 Å². The monoisotopic (exact) mass is 316 g/mol. The molecule has 2 N–H and O–H groups in total. The number of aromatic carboxylic acids is 1. The Balaban J connectivity index is 2.28. The number of anilines is 2. The smallest absolute Gasteiger partial charge is 0.416 e. The molecule has 0 saturated heterocycles. The van der Waals surface area contributed by atoms with Crippen LogP contribution in [-0.4, -0.2) is 16.1 Å². The van der Waals surface area contributed by atoms with Gasteiger partial charge in [0.15, 0.2) is 5.13 Å². The maximum absolute atomic E-state index is 12.6. The number of nitrogens with zero attached hydrogens (tertiary/aromatic N) is 1. The summed E-state index contributed by atoms with van der Waals surface area (Å²) < 4.78 is 37.9. The predicted octanol–water partition coefficient (Wildman–Crippen LogP) is 4.17. The molecule has 0 bridgehead atoms. The summed E-state index contributed by atoms with van der Waals surface area (Å²) in [7, 11) is 0. The van der Waals surface area contributed by atoms with Gasteiger partial charge in [0, 0.05) is 5.69 Å². The molecule has 21 heavy (non-hydrogen) atoms. The Morgan fingerprint density at radius 3 is 2.67 bits per heavy atom. The van der Waals surface area contributed by atoms with E-state index in [4.69, 9.17) is 5.11 Å². The van der Waals surface area contributed by atoms with Crippen molar-refractivity contribution in [2.45, 2.75) is 19.5 Å². The van der Waals surface area contributed by atoms with Crippen LogP contribution >= 0.6 is 11.3 Å². The fourth-order valence-electron chi connectivity index (χ4n) is 1.71. The molecule has 2 rings (SSSR count). The highest BCUT2D eigenvalue weighted by atomic mass is 32.1.